The van der Waals surface area contributed by atoms with Crippen molar-refractivity contribution in [3.05, 3.63) is 64.9 Å². The molecule has 3 rings (SSSR count). The normalized spacial score (nSPS) is 11.3. The minimum Gasteiger partial charge on any atom is -0.497 e. The van der Waals surface area contributed by atoms with Gasteiger partial charge >= 0.3 is 0 Å². The molecule has 0 saturated carbocycles. The van der Waals surface area contributed by atoms with Gasteiger partial charge in [0, 0.05) is 10.4 Å². The molecule has 100 valence electrons. The molecule has 0 aliphatic carbocycles. The standard InChI is InChI=1S/C17H13ClO2/c1-19-14-8-9-17-13(10-14)11-15(20-17)7-6-12-4-2-3-5-16(12)18/h2-11H,1H3/b7-6+. The van der Waals surface area contributed by atoms with E-state index in [0.29, 0.717) is 0 Å². The molecule has 1 aromatic heterocycles. The molecule has 3 heteroatoms. The lowest BCUT2D eigenvalue weighted by Crippen LogP contribution is -1.79. The monoisotopic (exact) mass is 284 g/mol. The Bertz CT molecular complexity index is 772. The Hall–Kier alpha value is -2.19. The van der Waals surface area contributed by atoms with E-state index in [4.69, 9.17) is 20.8 Å². The zero-order valence-electron chi connectivity index (χ0n) is 11.0. The smallest absolute Gasteiger partial charge is 0.135 e. The Kier molecular flexibility index (Phi) is 3.48. The highest BCUT2D eigenvalue weighted by molar-refractivity contribution is 6.32. The summed E-state index contributed by atoms with van der Waals surface area (Å²) in [6.45, 7) is 0. The summed E-state index contributed by atoms with van der Waals surface area (Å²) in [7, 11) is 1.65. The average molecular weight is 285 g/mol. The highest BCUT2D eigenvalue weighted by Crippen LogP contribution is 2.25. The number of furan rings is 1. The number of ether oxygens (including phenoxy) is 1. The summed E-state index contributed by atoms with van der Waals surface area (Å²) in [6, 6.07) is 15.4. The van der Waals surface area contributed by atoms with Crippen LogP contribution in [0.25, 0.3) is 23.1 Å². The molecular weight excluding hydrogens is 272 g/mol. The molecular formula is C17H13ClO2. The molecule has 20 heavy (non-hydrogen) atoms. The van der Waals surface area contributed by atoms with Crippen LogP contribution in [-0.2, 0) is 0 Å². The van der Waals surface area contributed by atoms with Crippen LogP contribution in [0, 0.1) is 0 Å². The first-order chi connectivity index (χ1) is 9.76. The molecule has 0 spiro atoms. The molecule has 0 saturated heterocycles. The fourth-order valence-electron chi connectivity index (χ4n) is 2.03. The number of benzene rings is 2. The summed E-state index contributed by atoms with van der Waals surface area (Å²) in [5.74, 6) is 1.60. The highest BCUT2D eigenvalue weighted by Gasteiger charge is 2.03. The van der Waals surface area contributed by atoms with Crippen molar-refractivity contribution in [1.82, 2.24) is 0 Å². The fraction of sp³-hybridized carbons (Fsp3) is 0.0588. The van der Waals surface area contributed by atoms with E-state index in [2.05, 4.69) is 0 Å². The van der Waals surface area contributed by atoms with Gasteiger partial charge in [-0.15, -0.1) is 0 Å². The van der Waals surface area contributed by atoms with Gasteiger partial charge in [-0.3, -0.25) is 0 Å². The van der Waals surface area contributed by atoms with Crippen LogP contribution in [0.5, 0.6) is 5.75 Å². The number of rotatable bonds is 3. The second-order valence-electron chi connectivity index (χ2n) is 4.41. The van der Waals surface area contributed by atoms with Crippen LogP contribution < -0.4 is 4.74 Å². The molecule has 0 aliphatic heterocycles. The quantitative estimate of drug-likeness (QED) is 0.654. The Balaban J connectivity index is 1.93. The molecule has 0 aliphatic rings. The average Bonchev–Trinajstić information content (AvgIpc) is 2.88. The van der Waals surface area contributed by atoms with Crippen LogP contribution in [0.2, 0.25) is 5.02 Å². The van der Waals surface area contributed by atoms with E-state index in [-0.39, 0.29) is 0 Å². The summed E-state index contributed by atoms with van der Waals surface area (Å²) < 4.78 is 10.9. The van der Waals surface area contributed by atoms with Crippen molar-refractivity contribution < 1.29 is 9.15 Å². The van der Waals surface area contributed by atoms with Crippen molar-refractivity contribution in [2.75, 3.05) is 7.11 Å². The largest absolute Gasteiger partial charge is 0.497 e. The topological polar surface area (TPSA) is 22.4 Å². The van der Waals surface area contributed by atoms with Crippen LogP contribution in [0.4, 0.5) is 0 Å². The Morgan fingerprint density at radius 1 is 1.05 bits per heavy atom. The van der Waals surface area contributed by atoms with E-state index in [1.807, 2.05) is 60.7 Å². The predicted octanol–water partition coefficient (Wildman–Crippen LogP) is 5.27. The Labute approximate surface area is 122 Å². The van der Waals surface area contributed by atoms with Crippen molar-refractivity contribution >= 4 is 34.7 Å². The van der Waals surface area contributed by atoms with Gasteiger partial charge in [-0.2, -0.15) is 0 Å². The van der Waals surface area contributed by atoms with Gasteiger partial charge in [-0.05, 0) is 48.0 Å². The number of hydrogen-bond donors (Lipinski definition) is 0. The number of hydrogen-bond acceptors (Lipinski definition) is 2. The molecule has 2 nitrogen and oxygen atoms in total. The number of halogens is 1. The van der Waals surface area contributed by atoms with E-state index in [9.17, 15) is 0 Å². The van der Waals surface area contributed by atoms with Crippen molar-refractivity contribution in [3.63, 3.8) is 0 Å². The molecule has 0 atom stereocenters. The van der Waals surface area contributed by atoms with E-state index in [0.717, 1.165) is 33.1 Å². The zero-order valence-corrected chi connectivity index (χ0v) is 11.7. The maximum absolute atomic E-state index is 6.11. The van der Waals surface area contributed by atoms with Crippen LogP contribution in [0.1, 0.15) is 11.3 Å². The molecule has 0 unspecified atom stereocenters. The van der Waals surface area contributed by atoms with Gasteiger partial charge in [0.15, 0.2) is 0 Å². The Morgan fingerprint density at radius 2 is 1.90 bits per heavy atom. The maximum atomic E-state index is 6.11. The molecule has 0 amide bonds. The lowest BCUT2D eigenvalue weighted by Gasteiger charge is -1.96. The van der Waals surface area contributed by atoms with Crippen molar-refractivity contribution in [2.45, 2.75) is 0 Å². The lowest BCUT2D eigenvalue weighted by atomic mass is 10.2. The van der Waals surface area contributed by atoms with Gasteiger partial charge in [0.1, 0.15) is 17.1 Å². The van der Waals surface area contributed by atoms with Crippen LogP contribution >= 0.6 is 11.6 Å². The van der Waals surface area contributed by atoms with Crippen LogP contribution in [-0.4, -0.2) is 7.11 Å². The summed E-state index contributed by atoms with van der Waals surface area (Å²) in [4.78, 5) is 0. The van der Waals surface area contributed by atoms with Gasteiger partial charge in [0.2, 0.25) is 0 Å². The summed E-state index contributed by atoms with van der Waals surface area (Å²) in [6.07, 6.45) is 3.85. The molecule has 0 radical (unpaired) electrons. The summed E-state index contributed by atoms with van der Waals surface area (Å²) >= 11 is 6.11. The second-order valence-corrected chi connectivity index (χ2v) is 4.81. The molecule has 2 aromatic carbocycles. The Morgan fingerprint density at radius 3 is 2.70 bits per heavy atom. The molecule has 0 fully saturated rings. The molecule has 1 heterocycles. The molecule has 0 N–H and O–H groups in total. The third kappa shape index (κ3) is 2.56. The summed E-state index contributed by atoms with van der Waals surface area (Å²) in [5.41, 5.74) is 1.80. The van der Waals surface area contributed by atoms with Crippen molar-refractivity contribution in [2.24, 2.45) is 0 Å². The fourth-order valence-corrected chi connectivity index (χ4v) is 2.23. The zero-order chi connectivity index (χ0) is 13.9. The third-order valence-electron chi connectivity index (χ3n) is 3.07. The summed E-state index contributed by atoms with van der Waals surface area (Å²) in [5, 5.41) is 1.74. The first-order valence-electron chi connectivity index (χ1n) is 6.26. The minimum atomic E-state index is 0.724. The molecule has 0 bridgehead atoms. The van der Waals surface area contributed by atoms with Crippen molar-refractivity contribution in [3.8, 4) is 5.75 Å². The second kappa shape index (κ2) is 5.43. The first-order valence-corrected chi connectivity index (χ1v) is 6.64. The van der Waals surface area contributed by atoms with E-state index < -0.39 is 0 Å². The van der Waals surface area contributed by atoms with Crippen LogP contribution in [0.15, 0.2) is 52.9 Å². The van der Waals surface area contributed by atoms with Crippen LogP contribution in [0.3, 0.4) is 0 Å². The first kappa shape index (κ1) is 12.8. The third-order valence-corrected chi connectivity index (χ3v) is 3.42. The SMILES string of the molecule is COc1ccc2oc(/C=C/c3ccccc3Cl)cc2c1. The van der Waals surface area contributed by atoms with E-state index in [1.54, 1.807) is 7.11 Å². The van der Waals surface area contributed by atoms with Gasteiger partial charge in [0.25, 0.3) is 0 Å². The number of methoxy groups -OCH3 is 1. The maximum Gasteiger partial charge on any atom is 0.135 e. The number of fused-ring (bicyclic) bond motifs is 1. The van der Waals surface area contributed by atoms with Gasteiger partial charge in [0.05, 0.1) is 7.11 Å². The van der Waals surface area contributed by atoms with Gasteiger partial charge in [-0.25, -0.2) is 0 Å². The van der Waals surface area contributed by atoms with E-state index >= 15 is 0 Å². The van der Waals surface area contributed by atoms with Gasteiger partial charge in [-0.1, -0.05) is 29.8 Å². The van der Waals surface area contributed by atoms with Gasteiger partial charge < -0.3 is 9.15 Å². The molecule has 3 aromatic rings. The van der Waals surface area contributed by atoms with Crippen molar-refractivity contribution in [1.29, 1.82) is 0 Å². The lowest BCUT2D eigenvalue weighted by molar-refractivity contribution is 0.415. The minimum absolute atomic E-state index is 0.724. The predicted molar refractivity (Wildman–Crippen MR) is 83.1 cm³/mol. The van der Waals surface area contributed by atoms with E-state index in [1.165, 1.54) is 0 Å². The highest BCUT2D eigenvalue weighted by atomic mass is 35.5.